The Labute approximate surface area is 294 Å². The average molecular weight is 653 g/mol. The molecule has 0 spiro atoms. The Kier molecular flexibility index (Phi) is 5.13. The number of aromatic nitrogens is 3. The number of benzene rings is 6. The second-order valence-corrected chi connectivity index (χ2v) is 14.9. The third-order valence-electron chi connectivity index (χ3n) is 12.0. The Morgan fingerprint density at radius 3 is 2.14 bits per heavy atom. The van der Waals surface area contributed by atoms with E-state index in [4.69, 9.17) is 9.97 Å². The normalized spacial score (nSPS) is 16.4. The van der Waals surface area contributed by atoms with Gasteiger partial charge in [-0.15, -0.1) is 0 Å². The first kappa shape index (κ1) is 27.5. The Morgan fingerprint density at radius 2 is 1.29 bits per heavy atom. The topological polar surface area (TPSA) is 34.0 Å². The lowest BCUT2D eigenvalue weighted by Gasteiger charge is -2.29. The molecule has 7 aromatic carbocycles. The summed E-state index contributed by atoms with van der Waals surface area (Å²) in [4.78, 5) is 13.4. The smallest absolute Gasteiger partial charge is 0.235 e. The van der Waals surface area contributed by atoms with E-state index in [-0.39, 0.29) is 11.5 Å². The highest BCUT2D eigenvalue weighted by atomic mass is 15.2. The quantitative estimate of drug-likeness (QED) is 0.190. The summed E-state index contributed by atoms with van der Waals surface area (Å²) in [6.45, 7) is 4.79. The Balaban J connectivity index is 1.32. The predicted octanol–water partition coefficient (Wildman–Crippen LogP) is 11.0. The van der Waals surface area contributed by atoms with Gasteiger partial charge in [0.25, 0.3) is 0 Å². The summed E-state index contributed by atoms with van der Waals surface area (Å²) < 4.78 is 2.37. The molecular weight excluding hydrogens is 621 g/mol. The van der Waals surface area contributed by atoms with Crippen molar-refractivity contribution in [3.8, 4) is 17.2 Å². The number of rotatable bonds is 3. The largest absolute Gasteiger partial charge is 0.333 e. The van der Waals surface area contributed by atoms with E-state index in [0.29, 0.717) is 5.95 Å². The van der Waals surface area contributed by atoms with E-state index in [0.717, 1.165) is 34.1 Å². The maximum atomic E-state index is 5.45. The predicted molar refractivity (Wildman–Crippen MR) is 211 cm³/mol. The number of para-hydroxylation sites is 2. The molecule has 0 bridgehead atoms. The first-order valence-corrected chi connectivity index (χ1v) is 18.0. The zero-order valence-corrected chi connectivity index (χ0v) is 28.4. The lowest BCUT2D eigenvalue weighted by molar-refractivity contribution is 0.663. The SMILES string of the molecule is CC1(C)c2cccc3c4cccc5c4c4c6c(n(-c7nc(-c8ccccc8)c8ccccc8n7)c7ccc1c(c23)c67)=CCC4N5c1ccccc1. The molecule has 0 N–H and O–H groups in total. The summed E-state index contributed by atoms with van der Waals surface area (Å²) in [5, 5.41) is 11.7. The Morgan fingerprint density at radius 1 is 0.588 bits per heavy atom. The molecule has 0 fully saturated rings. The van der Waals surface area contributed by atoms with Crippen LogP contribution in [0.1, 0.15) is 43.0 Å². The maximum absolute atomic E-state index is 5.45. The minimum absolute atomic E-state index is 0.135. The van der Waals surface area contributed by atoms with Gasteiger partial charge in [0, 0.05) is 43.9 Å². The Bertz CT molecular complexity index is 3080. The van der Waals surface area contributed by atoms with E-state index >= 15 is 0 Å². The molecule has 51 heavy (non-hydrogen) atoms. The molecule has 3 heterocycles. The molecule has 1 atom stereocenters. The van der Waals surface area contributed by atoms with Crippen molar-refractivity contribution in [2.45, 2.75) is 31.7 Å². The second-order valence-electron chi connectivity index (χ2n) is 14.9. The molecule has 1 unspecified atom stereocenters. The van der Waals surface area contributed by atoms with Crippen LogP contribution in [0.2, 0.25) is 0 Å². The van der Waals surface area contributed by atoms with E-state index in [1.165, 1.54) is 71.1 Å². The Hall–Kier alpha value is -6.26. The van der Waals surface area contributed by atoms with Gasteiger partial charge in [-0.05, 0) is 75.0 Å². The van der Waals surface area contributed by atoms with Gasteiger partial charge in [0.1, 0.15) is 0 Å². The van der Waals surface area contributed by atoms with Crippen molar-refractivity contribution in [1.29, 1.82) is 0 Å². The fourth-order valence-corrected chi connectivity index (χ4v) is 9.91. The molecule has 4 nitrogen and oxygen atoms in total. The summed E-state index contributed by atoms with van der Waals surface area (Å²) >= 11 is 0. The lowest BCUT2D eigenvalue weighted by Crippen LogP contribution is -2.25. The molecule has 0 saturated carbocycles. The molecule has 240 valence electrons. The highest BCUT2D eigenvalue weighted by molar-refractivity contribution is 6.30. The average Bonchev–Trinajstić information content (AvgIpc) is 3.77. The van der Waals surface area contributed by atoms with Gasteiger partial charge >= 0.3 is 0 Å². The van der Waals surface area contributed by atoms with Crippen LogP contribution in [-0.2, 0) is 5.41 Å². The number of hydrogen-bond donors (Lipinski definition) is 0. The molecule has 4 heteroatoms. The van der Waals surface area contributed by atoms with Crippen LogP contribution >= 0.6 is 0 Å². The van der Waals surface area contributed by atoms with Crippen molar-refractivity contribution in [2.75, 3.05) is 4.90 Å². The van der Waals surface area contributed by atoms with Crippen LogP contribution in [0.5, 0.6) is 0 Å². The van der Waals surface area contributed by atoms with Gasteiger partial charge < -0.3 is 4.90 Å². The minimum atomic E-state index is -0.135. The molecule has 12 rings (SSSR count). The highest BCUT2D eigenvalue weighted by Crippen LogP contribution is 2.57. The fourth-order valence-electron chi connectivity index (χ4n) is 9.91. The first-order chi connectivity index (χ1) is 25.1. The molecule has 3 aliphatic rings. The van der Waals surface area contributed by atoms with Gasteiger partial charge in [0.15, 0.2) is 0 Å². The van der Waals surface area contributed by atoms with Crippen LogP contribution in [0.3, 0.4) is 0 Å². The van der Waals surface area contributed by atoms with Crippen molar-refractivity contribution in [3.63, 3.8) is 0 Å². The van der Waals surface area contributed by atoms with Crippen LogP contribution in [0, 0.1) is 0 Å². The van der Waals surface area contributed by atoms with Gasteiger partial charge in [-0.2, -0.15) is 0 Å². The summed E-state index contributed by atoms with van der Waals surface area (Å²) in [5.74, 6) is 0.713. The van der Waals surface area contributed by atoms with Gasteiger partial charge in [-0.25, -0.2) is 9.97 Å². The molecule has 0 radical (unpaired) electrons. The summed E-state index contributed by atoms with van der Waals surface area (Å²) in [7, 11) is 0. The zero-order chi connectivity index (χ0) is 33.6. The number of hydrogen-bond acceptors (Lipinski definition) is 3. The molecule has 1 aliphatic heterocycles. The zero-order valence-electron chi connectivity index (χ0n) is 28.4. The van der Waals surface area contributed by atoms with E-state index < -0.39 is 0 Å². The third kappa shape index (κ3) is 3.35. The number of nitrogens with zero attached hydrogens (tertiary/aromatic N) is 4. The van der Waals surface area contributed by atoms with E-state index in [9.17, 15) is 0 Å². The van der Waals surface area contributed by atoms with Gasteiger partial charge in [0.05, 0.1) is 28.1 Å². The van der Waals surface area contributed by atoms with Crippen LogP contribution < -0.4 is 10.2 Å². The third-order valence-corrected chi connectivity index (χ3v) is 12.0. The van der Waals surface area contributed by atoms with Crippen molar-refractivity contribution < 1.29 is 0 Å². The van der Waals surface area contributed by atoms with Crippen LogP contribution in [-0.4, -0.2) is 14.5 Å². The molecule has 0 amide bonds. The van der Waals surface area contributed by atoms with Crippen molar-refractivity contribution in [2.24, 2.45) is 0 Å². The van der Waals surface area contributed by atoms with Gasteiger partial charge in [-0.3, -0.25) is 4.57 Å². The molecular formula is C47H32N4. The van der Waals surface area contributed by atoms with Gasteiger partial charge in [-0.1, -0.05) is 123 Å². The standard InChI is InChI=1S/C47H32N4/c1-47(2)32-20-11-18-29-30-19-12-22-35-40(30)42-36(50(35)28-15-7-4-8-16-28)25-26-38-44(42)43-37(24-23-33(47)41(43)39(29)32)51(38)46-48-34-21-10-9-17-31(34)45(49-46)27-13-5-3-6-14-27/h3-24,26,36H,25H2,1-2H3. The minimum Gasteiger partial charge on any atom is -0.333 e. The van der Waals surface area contributed by atoms with E-state index in [2.05, 4.69) is 163 Å². The summed E-state index contributed by atoms with van der Waals surface area (Å²) in [6, 6.07) is 48.7. The maximum Gasteiger partial charge on any atom is 0.235 e. The van der Waals surface area contributed by atoms with Crippen molar-refractivity contribution >= 4 is 71.6 Å². The van der Waals surface area contributed by atoms with Crippen molar-refractivity contribution in [1.82, 2.24) is 14.5 Å². The molecule has 2 aromatic heterocycles. The summed E-state index contributed by atoms with van der Waals surface area (Å²) in [5.41, 5.74) is 10.7. The van der Waals surface area contributed by atoms with E-state index in [1.54, 1.807) is 0 Å². The second kappa shape index (κ2) is 9.49. The van der Waals surface area contributed by atoms with Crippen molar-refractivity contribution in [3.05, 3.63) is 155 Å². The fraction of sp³-hybridized carbons (Fsp3) is 0.106. The summed E-state index contributed by atoms with van der Waals surface area (Å²) in [6.07, 6.45) is 3.34. The van der Waals surface area contributed by atoms with Crippen LogP contribution in [0.15, 0.2) is 133 Å². The molecule has 9 aromatic rings. The first-order valence-electron chi connectivity index (χ1n) is 18.0. The lowest BCUT2D eigenvalue weighted by atomic mass is 9.81. The van der Waals surface area contributed by atoms with E-state index in [1.807, 2.05) is 0 Å². The van der Waals surface area contributed by atoms with Gasteiger partial charge in [0.2, 0.25) is 5.95 Å². The number of anilines is 2. The monoisotopic (exact) mass is 652 g/mol. The van der Waals surface area contributed by atoms with Crippen LogP contribution in [0.4, 0.5) is 11.4 Å². The molecule has 0 saturated heterocycles. The van der Waals surface area contributed by atoms with Crippen LogP contribution in [0.25, 0.3) is 77.4 Å². The number of fused-ring (bicyclic) bond motifs is 2. The highest BCUT2D eigenvalue weighted by Gasteiger charge is 2.40. The molecule has 2 aliphatic carbocycles.